The summed E-state index contributed by atoms with van der Waals surface area (Å²) in [5, 5.41) is 8.79. The van der Waals surface area contributed by atoms with Gasteiger partial charge in [0.2, 0.25) is 0 Å². The number of nitrogens with two attached hydrogens (primary N) is 1. The summed E-state index contributed by atoms with van der Waals surface area (Å²) in [5.74, 6) is -0.237. The van der Waals surface area contributed by atoms with E-state index in [4.69, 9.17) is 11.0 Å². The minimum absolute atomic E-state index is 0.237. The van der Waals surface area contributed by atoms with Crippen LogP contribution in [0.25, 0.3) is 0 Å². The van der Waals surface area contributed by atoms with Crippen LogP contribution < -0.4 is 5.73 Å². The third-order valence-electron chi connectivity index (χ3n) is 3.20. The molecule has 1 aromatic rings. The number of hydrogen-bond donors (Lipinski definition) is 1. The van der Waals surface area contributed by atoms with Crippen LogP contribution in [0.1, 0.15) is 24.0 Å². The normalized spacial score (nSPS) is 17.9. The van der Waals surface area contributed by atoms with Gasteiger partial charge in [-0.25, -0.2) is 4.39 Å². The van der Waals surface area contributed by atoms with E-state index < -0.39 is 0 Å². The second-order valence-electron chi connectivity index (χ2n) is 4.53. The van der Waals surface area contributed by atoms with Crippen molar-refractivity contribution in [3.8, 4) is 6.07 Å². The highest BCUT2D eigenvalue weighted by molar-refractivity contribution is 5.33. The summed E-state index contributed by atoms with van der Waals surface area (Å²) < 4.78 is 13.6. The second-order valence-corrected chi connectivity index (χ2v) is 4.53. The largest absolute Gasteiger partial charge is 0.328 e. The molecule has 0 radical (unpaired) electrons. The Labute approximate surface area is 101 Å². The number of nitrogens with zero attached hydrogens (tertiary/aromatic N) is 2. The Kier molecular flexibility index (Phi) is 3.72. The number of benzene rings is 1. The quantitative estimate of drug-likeness (QED) is 0.844. The maximum absolute atomic E-state index is 13.6. The Morgan fingerprint density at radius 3 is 2.76 bits per heavy atom. The molecule has 90 valence electrons. The highest BCUT2D eigenvalue weighted by Gasteiger charge is 2.17. The number of halogens is 1. The van der Waals surface area contributed by atoms with Gasteiger partial charge >= 0.3 is 0 Å². The van der Waals surface area contributed by atoms with Crippen LogP contribution in [-0.4, -0.2) is 24.0 Å². The van der Waals surface area contributed by atoms with Crippen molar-refractivity contribution in [2.75, 3.05) is 13.1 Å². The molecule has 2 rings (SSSR count). The second kappa shape index (κ2) is 5.26. The Balaban J connectivity index is 2.05. The summed E-state index contributed by atoms with van der Waals surface area (Å²) in [6.07, 6.45) is 1.92. The molecule has 4 heteroatoms. The van der Waals surface area contributed by atoms with E-state index in [0.29, 0.717) is 17.7 Å². The summed E-state index contributed by atoms with van der Waals surface area (Å²) in [7, 11) is 0. The molecule has 2 N–H and O–H groups in total. The van der Waals surface area contributed by atoms with Crippen LogP contribution in [0.15, 0.2) is 18.2 Å². The van der Waals surface area contributed by atoms with E-state index >= 15 is 0 Å². The lowest BCUT2D eigenvalue weighted by molar-refractivity contribution is 0.203. The number of hydrogen-bond acceptors (Lipinski definition) is 3. The first-order valence-corrected chi connectivity index (χ1v) is 5.85. The molecule has 1 fully saturated rings. The topological polar surface area (TPSA) is 53.0 Å². The predicted molar refractivity (Wildman–Crippen MR) is 63.6 cm³/mol. The van der Waals surface area contributed by atoms with Gasteiger partial charge in [0.25, 0.3) is 0 Å². The van der Waals surface area contributed by atoms with Crippen LogP contribution in [0, 0.1) is 17.1 Å². The monoisotopic (exact) mass is 233 g/mol. The van der Waals surface area contributed by atoms with Gasteiger partial charge in [-0.15, -0.1) is 0 Å². The van der Waals surface area contributed by atoms with E-state index in [9.17, 15) is 4.39 Å². The fourth-order valence-corrected chi connectivity index (χ4v) is 2.12. The van der Waals surface area contributed by atoms with Crippen LogP contribution in [0.4, 0.5) is 4.39 Å². The average Bonchev–Trinajstić information content (AvgIpc) is 2.35. The average molecular weight is 233 g/mol. The molecule has 1 heterocycles. The molecule has 0 saturated carbocycles. The number of piperidine rings is 1. The first kappa shape index (κ1) is 12.0. The summed E-state index contributed by atoms with van der Waals surface area (Å²) in [6, 6.07) is 6.81. The molecule has 0 atom stereocenters. The summed E-state index contributed by atoms with van der Waals surface area (Å²) in [6.45, 7) is 2.36. The van der Waals surface area contributed by atoms with Crippen LogP contribution in [0.3, 0.4) is 0 Å². The number of likely N-dealkylation sites (tertiary alicyclic amines) is 1. The smallest absolute Gasteiger partial charge is 0.127 e. The van der Waals surface area contributed by atoms with Gasteiger partial charge < -0.3 is 5.73 Å². The zero-order valence-electron chi connectivity index (χ0n) is 9.69. The fourth-order valence-electron chi connectivity index (χ4n) is 2.12. The molecule has 17 heavy (non-hydrogen) atoms. The maximum Gasteiger partial charge on any atom is 0.127 e. The first-order valence-electron chi connectivity index (χ1n) is 5.85. The molecule has 0 spiro atoms. The molecule has 0 aromatic heterocycles. The zero-order valence-corrected chi connectivity index (χ0v) is 9.69. The molecular formula is C13H16FN3. The number of nitriles is 1. The predicted octanol–water partition coefficient (Wildman–Crippen LogP) is 1.62. The molecule has 0 aliphatic carbocycles. The van der Waals surface area contributed by atoms with Crippen molar-refractivity contribution < 1.29 is 4.39 Å². The van der Waals surface area contributed by atoms with Crippen LogP contribution in [-0.2, 0) is 6.54 Å². The summed E-state index contributed by atoms with van der Waals surface area (Å²) in [5.41, 5.74) is 6.93. The minimum atomic E-state index is -0.237. The van der Waals surface area contributed by atoms with E-state index in [1.54, 1.807) is 6.07 Å². The van der Waals surface area contributed by atoms with Crippen molar-refractivity contribution in [1.29, 1.82) is 5.26 Å². The van der Waals surface area contributed by atoms with Gasteiger partial charge in [-0.05, 0) is 44.1 Å². The van der Waals surface area contributed by atoms with E-state index in [1.807, 2.05) is 6.07 Å². The van der Waals surface area contributed by atoms with Gasteiger partial charge in [0.1, 0.15) is 5.82 Å². The minimum Gasteiger partial charge on any atom is -0.328 e. The number of rotatable bonds is 2. The molecular weight excluding hydrogens is 217 g/mol. The van der Waals surface area contributed by atoms with Crippen molar-refractivity contribution in [3.05, 3.63) is 35.1 Å². The van der Waals surface area contributed by atoms with Gasteiger partial charge in [-0.2, -0.15) is 5.26 Å². The van der Waals surface area contributed by atoms with Gasteiger partial charge in [-0.1, -0.05) is 0 Å². The molecule has 0 unspecified atom stereocenters. The maximum atomic E-state index is 13.6. The Hall–Kier alpha value is -1.44. The van der Waals surface area contributed by atoms with Crippen LogP contribution >= 0.6 is 0 Å². The summed E-state index contributed by atoms with van der Waals surface area (Å²) >= 11 is 0. The molecule has 1 aromatic carbocycles. The summed E-state index contributed by atoms with van der Waals surface area (Å²) in [4.78, 5) is 2.18. The standard InChI is InChI=1S/C13H16FN3/c14-13-2-1-10(8-15)7-11(13)9-17-5-3-12(16)4-6-17/h1-2,7,12H,3-6,9,16H2. The zero-order chi connectivity index (χ0) is 12.3. The third-order valence-corrected chi connectivity index (χ3v) is 3.20. The highest BCUT2D eigenvalue weighted by atomic mass is 19.1. The van der Waals surface area contributed by atoms with E-state index in [-0.39, 0.29) is 11.9 Å². The molecule has 3 nitrogen and oxygen atoms in total. The lowest BCUT2D eigenvalue weighted by atomic mass is 10.0. The van der Waals surface area contributed by atoms with Crippen molar-refractivity contribution in [2.24, 2.45) is 5.73 Å². The first-order chi connectivity index (χ1) is 8.19. The molecule has 1 aliphatic heterocycles. The molecule has 1 saturated heterocycles. The van der Waals surface area contributed by atoms with E-state index in [0.717, 1.165) is 25.9 Å². The third kappa shape index (κ3) is 3.02. The van der Waals surface area contributed by atoms with Crippen molar-refractivity contribution in [2.45, 2.75) is 25.4 Å². The SMILES string of the molecule is N#Cc1ccc(F)c(CN2CCC(N)CC2)c1. The van der Waals surface area contributed by atoms with Gasteiger partial charge in [0.05, 0.1) is 11.6 Å². The van der Waals surface area contributed by atoms with Crippen molar-refractivity contribution >= 4 is 0 Å². The highest BCUT2D eigenvalue weighted by Crippen LogP contribution is 2.16. The van der Waals surface area contributed by atoms with E-state index in [1.165, 1.54) is 12.1 Å². The lowest BCUT2D eigenvalue weighted by Crippen LogP contribution is -2.39. The van der Waals surface area contributed by atoms with Gasteiger partial charge in [0.15, 0.2) is 0 Å². The van der Waals surface area contributed by atoms with Crippen molar-refractivity contribution in [3.63, 3.8) is 0 Å². The van der Waals surface area contributed by atoms with Gasteiger partial charge in [-0.3, -0.25) is 4.90 Å². The van der Waals surface area contributed by atoms with Crippen LogP contribution in [0.2, 0.25) is 0 Å². The molecule has 0 amide bonds. The van der Waals surface area contributed by atoms with E-state index in [2.05, 4.69) is 4.90 Å². The fraction of sp³-hybridized carbons (Fsp3) is 0.462. The molecule has 1 aliphatic rings. The van der Waals surface area contributed by atoms with Crippen LogP contribution in [0.5, 0.6) is 0 Å². The van der Waals surface area contributed by atoms with Crippen molar-refractivity contribution in [1.82, 2.24) is 4.90 Å². The van der Waals surface area contributed by atoms with Gasteiger partial charge in [0, 0.05) is 18.2 Å². The molecule has 0 bridgehead atoms. The lowest BCUT2D eigenvalue weighted by Gasteiger charge is -2.30. The Morgan fingerprint density at radius 2 is 2.12 bits per heavy atom. The Morgan fingerprint density at radius 1 is 1.41 bits per heavy atom. The Bertz CT molecular complexity index is 431.